The van der Waals surface area contributed by atoms with Gasteiger partial charge in [0.05, 0.1) is 11.2 Å². The first-order valence-corrected chi connectivity index (χ1v) is 4.95. The lowest BCUT2D eigenvalue weighted by Crippen LogP contribution is -2.01. The van der Waals surface area contributed by atoms with Crippen LogP contribution in [0.15, 0.2) is 24.3 Å². The molecule has 0 spiro atoms. The van der Waals surface area contributed by atoms with Gasteiger partial charge >= 0.3 is 5.97 Å². The van der Waals surface area contributed by atoms with Crippen LogP contribution in [0.1, 0.15) is 12.6 Å². The Morgan fingerprint density at radius 1 is 1.29 bits per heavy atom. The highest BCUT2D eigenvalue weighted by molar-refractivity contribution is 5.79. The van der Waals surface area contributed by atoms with E-state index in [1.54, 1.807) is 0 Å². The summed E-state index contributed by atoms with van der Waals surface area (Å²) in [6.45, 7) is 1.31. The molecule has 0 saturated heterocycles. The maximum atomic E-state index is 13.3. The predicted octanol–water partition coefficient (Wildman–Crippen LogP) is 2.58. The molecule has 5 heteroatoms. The molecule has 0 saturated carbocycles. The molecule has 2 rings (SSSR count). The number of rotatable bonds is 2. The maximum Gasteiger partial charge on any atom is 0.303 e. The van der Waals surface area contributed by atoms with Gasteiger partial charge in [0.25, 0.3) is 0 Å². The average molecular weight is 237 g/mol. The van der Waals surface area contributed by atoms with Crippen molar-refractivity contribution in [2.75, 3.05) is 0 Å². The number of pyridine rings is 1. The minimum absolute atomic E-state index is 0.0181. The first kappa shape index (κ1) is 11.4. The lowest BCUT2D eigenvalue weighted by molar-refractivity contribution is -0.142. The molecule has 0 atom stereocenters. The molecule has 0 aliphatic rings. The van der Waals surface area contributed by atoms with Gasteiger partial charge in [-0.05, 0) is 24.3 Å². The van der Waals surface area contributed by atoms with Crippen LogP contribution < -0.4 is 0 Å². The molecule has 3 nitrogen and oxygen atoms in total. The number of hydrogen-bond donors (Lipinski definition) is 0. The van der Waals surface area contributed by atoms with Crippen LogP contribution >= 0.6 is 0 Å². The number of halogens is 2. The number of nitrogens with zero attached hydrogens (tertiary/aromatic N) is 1. The van der Waals surface area contributed by atoms with Crippen molar-refractivity contribution in [3.63, 3.8) is 0 Å². The van der Waals surface area contributed by atoms with Crippen LogP contribution in [-0.2, 0) is 16.1 Å². The second-order valence-electron chi connectivity index (χ2n) is 3.51. The lowest BCUT2D eigenvalue weighted by atomic mass is 10.2. The van der Waals surface area contributed by atoms with E-state index in [4.69, 9.17) is 4.74 Å². The second-order valence-corrected chi connectivity index (χ2v) is 3.51. The molecule has 17 heavy (non-hydrogen) atoms. The highest BCUT2D eigenvalue weighted by Crippen LogP contribution is 2.19. The summed E-state index contributed by atoms with van der Waals surface area (Å²) < 4.78 is 31.0. The Balaban J connectivity index is 2.38. The molecule has 1 aromatic carbocycles. The minimum Gasteiger partial charge on any atom is -0.459 e. The highest BCUT2D eigenvalue weighted by atomic mass is 19.2. The molecule has 0 aliphatic heterocycles. The summed E-state index contributed by atoms with van der Waals surface area (Å²) in [5.74, 6) is -2.25. The van der Waals surface area contributed by atoms with Crippen LogP contribution in [0.4, 0.5) is 8.78 Å². The second kappa shape index (κ2) is 4.45. The molecule has 0 fully saturated rings. The van der Waals surface area contributed by atoms with Crippen LogP contribution in [0, 0.1) is 11.6 Å². The van der Waals surface area contributed by atoms with Crippen molar-refractivity contribution in [3.05, 3.63) is 41.6 Å². The Hall–Kier alpha value is -2.04. The Bertz CT molecular complexity index is 584. The quantitative estimate of drug-likeness (QED) is 0.753. The van der Waals surface area contributed by atoms with Crippen molar-refractivity contribution in [2.24, 2.45) is 0 Å². The van der Waals surface area contributed by atoms with Crippen molar-refractivity contribution in [2.45, 2.75) is 13.5 Å². The van der Waals surface area contributed by atoms with E-state index in [-0.39, 0.29) is 12.0 Å². The van der Waals surface area contributed by atoms with Gasteiger partial charge in [0.1, 0.15) is 6.61 Å². The van der Waals surface area contributed by atoms with Gasteiger partial charge in [0, 0.05) is 12.3 Å². The van der Waals surface area contributed by atoms with Gasteiger partial charge in [-0.25, -0.2) is 13.8 Å². The molecule has 1 aromatic heterocycles. The molecule has 2 aromatic rings. The number of esters is 1. The van der Waals surface area contributed by atoms with Crippen LogP contribution in [0.2, 0.25) is 0 Å². The smallest absolute Gasteiger partial charge is 0.303 e. The number of carbonyl (C=O) groups is 1. The van der Waals surface area contributed by atoms with E-state index in [1.165, 1.54) is 25.1 Å². The average Bonchev–Trinajstić information content (AvgIpc) is 2.31. The van der Waals surface area contributed by atoms with Gasteiger partial charge in [0.15, 0.2) is 11.6 Å². The van der Waals surface area contributed by atoms with Gasteiger partial charge < -0.3 is 4.74 Å². The number of hydrogen-bond acceptors (Lipinski definition) is 3. The van der Waals surface area contributed by atoms with Gasteiger partial charge in [-0.15, -0.1) is 0 Å². The van der Waals surface area contributed by atoms with Crippen LogP contribution in [0.25, 0.3) is 10.9 Å². The van der Waals surface area contributed by atoms with Crippen LogP contribution in [0.5, 0.6) is 0 Å². The Morgan fingerprint density at radius 2 is 2.06 bits per heavy atom. The summed E-state index contributed by atoms with van der Waals surface area (Å²) in [6.07, 6.45) is 0. The summed E-state index contributed by atoms with van der Waals surface area (Å²) in [5, 5.41) is 0.108. The topological polar surface area (TPSA) is 39.2 Å². The van der Waals surface area contributed by atoms with E-state index in [1.807, 2.05) is 0 Å². The van der Waals surface area contributed by atoms with Crippen molar-refractivity contribution < 1.29 is 18.3 Å². The molecular formula is C12H9F2NO2. The Kier molecular flexibility index (Phi) is 2.99. The first-order chi connectivity index (χ1) is 8.08. The van der Waals surface area contributed by atoms with Crippen LogP contribution in [0.3, 0.4) is 0 Å². The third kappa shape index (κ3) is 2.38. The number of aromatic nitrogens is 1. The summed E-state index contributed by atoms with van der Waals surface area (Å²) in [4.78, 5) is 14.7. The van der Waals surface area contributed by atoms with E-state index >= 15 is 0 Å². The fourth-order valence-corrected chi connectivity index (χ4v) is 1.44. The zero-order valence-electron chi connectivity index (χ0n) is 9.04. The largest absolute Gasteiger partial charge is 0.459 e. The molecule has 0 N–H and O–H groups in total. The summed E-state index contributed by atoms with van der Waals surface area (Å²) in [7, 11) is 0. The fraction of sp³-hybridized carbons (Fsp3) is 0.167. The van der Waals surface area contributed by atoms with Crippen molar-refractivity contribution in [1.82, 2.24) is 4.98 Å². The molecule has 1 heterocycles. The number of fused-ring (bicyclic) bond motifs is 1. The van der Waals surface area contributed by atoms with E-state index in [0.717, 1.165) is 6.07 Å². The van der Waals surface area contributed by atoms with Crippen molar-refractivity contribution >= 4 is 16.9 Å². The Labute approximate surface area is 96.0 Å². The highest BCUT2D eigenvalue weighted by Gasteiger charge is 2.08. The normalized spacial score (nSPS) is 10.5. The minimum atomic E-state index is -0.922. The summed E-state index contributed by atoms with van der Waals surface area (Å²) >= 11 is 0. The maximum absolute atomic E-state index is 13.3. The molecule has 0 unspecified atom stereocenters. The third-order valence-corrected chi connectivity index (χ3v) is 2.24. The van der Waals surface area contributed by atoms with E-state index in [9.17, 15) is 13.6 Å². The summed E-state index contributed by atoms with van der Waals surface area (Å²) in [5.41, 5.74) is 0.812. The van der Waals surface area contributed by atoms with Gasteiger partial charge in [-0.2, -0.15) is 0 Å². The van der Waals surface area contributed by atoms with E-state index in [2.05, 4.69) is 4.98 Å². The van der Waals surface area contributed by atoms with Crippen LogP contribution in [-0.4, -0.2) is 11.0 Å². The fourth-order valence-electron chi connectivity index (χ4n) is 1.44. The first-order valence-electron chi connectivity index (χ1n) is 4.95. The zero-order chi connectivity index (χ0) is 12.4. The lowest BCUT2D eigenvalue weighted by Gasteiger charge is -2.04. The third-order valence-electron chi connectivity index (χ3n) is 2.24. The van der Waals surface area contributed by atoms with E-state index < -0.39 is 17.6 Å². The Morgan fingerprint density at radius 3 is 2.76 bits per heavy atom. The molecule has 0 bridgehead atoms. The predicted molar refractivity (Wildman–Crippen MR) is 57.1 cm³/mol. The molecule has 0 aliphatic carbocycles. The van der Waals surface area contributed by atoms with Gasteiger partial charge in [-0.3, -0.25) is 4.79 Å². The number of carbonyl (C=O) groups excluding carboxylic acids is 1. The molecular weight excluding hydrogens is 228 g/mol. The van der Waals surface area contributed by atoms with Crippen molar-refractivity contribution in [1.29, 1.82) is 0 Å². The zero-order valence-corrected chi connectivity index (χ0v) is 9.04. The monoisotopic (exact) mass is 237 g/mol. The van der Waals surface area contributed by atoms with Crippen molar-refractivity contribution in [3.8, 4) is 0 Å². The summed E-state index contributed by atoms with van der Waals surface area (Å²) in [6, 6.07) is 5.30. The van der Waals surface area contributed by atoms with Gasteiger partial charge in [0.2, 0.25) is 0 Å². The number of ether oxygens (including phenoxy) is 1. The van der Waals surface area contributed by atoms with E-state index in [0.29, 0.717) is 11.2 Å². The standard InChI is InChI=1S/C12H9F2NO2/c1-7(16)17-6-8-2-3-9-11(15-8)5-4-10(13)12(9)14/h2-5H,6H2,1H3. The molecule has 88 valence electrons. The molecule has 0 radical (unpaired) electrons. The molecule has 0 amide bonds. The number of benzene rings is 1. The van der Waals surface area contributed by atoms with Gasteiger partial charge in [-0.1, -0.05) is 0 Å². The SMILES string of the molecule is CC(=O)OCc1ccc2c(F)c(F)ccc2n1.